The van der Waals surface area contributed by atoms with Crippen LogP contribution in [0.4, 0.5) is 11.8 Å². The standard InChI is InChI=1S/C23H21N7O3/c1-32-19-17(33-13-14-5-3-2-4-6-14)8-7-16-18(19)28-23(30-10-9-25-20(16)30)29-21(31)15-11-26-22(24)27-12-15/h2-8,11-12,25H,9-10,13H2,1H3,(H2,24,26,27). The van der Waals surface area contributed by atoms with Crippen LogP contribution in [0.3, 0.4) is 0 Å². The van der Waals surface area contributed by atoms with Crippen LogP contribution in [0.5, 0.6) is 11.5 Å². The summed E-state index contributed by atoms with van der Waals surface area (Å²) in [5.41, 5.74) is 7.56. The molecule has 0 fully saturated rings. The topological polar surface area (TPSA) is 130 Å². The Morgan fingerprint density at radius 3 is 2.73 bits per heavy atom. The molecule has 0 unspecified atom stereocenters. The van der Waals surface area contributed by atoms with Crippen molar-refractivity contribution in [2.45, 2.75) is 13.2 Å². The summed E-state index contributed by atoms with van der Waals surface area (Å²) in [5, 5.41) is 4.19. The van der Waals surface area contributed by atoms with E-state index in [-0.39, 0.29) is 17.1 Å². The number of amides is 1. The Kier molecular flexibility index (Phi) is 5.31. The number of aromatic nitrogens is 4. The van der Waals surface area contributed by atoms with Crippen molar-refractivity contribution in [3.05, 3.63) is 71.6 Å². The maximum Gasteiger partial charge on any atom is 0.283 e. The van der Waals surface area contributed by atoms with E-state index < -0.39 is 5.91 Å². The molecule has 10 nitrogen and oxygen atoms in total. The van der Waals surface area contributed by atoms with Gasteiger partial charge in [-0.15, -0.1) is 0 Å². The van der Waals surface area contributed by atoms with Gasteiger partial charge >= 0.3 is 0 Å². The maximum atomic E-state index is 12.7. The van der Waals surface area contributed by atoms with E-state index in [0.29, 0.717) is 36.7 Å². The van der Waals surface area contributed by atoms with Crippen molar-refractivity contribution in [2.75, 3.05) is 24.7 Å². The van der Waals surface area contributed by atoms with Gasteiger partial charge in [0.05, 0.1) is 12.7 Å². The molecule has 1 aliphatic heterocycles. The highest BCUT2D eigenvalue weighted by atomic mass is 16.5. The molecular formula is C23H21N7O3. The van der Waals surface area contributed by atoms with Gasteiger partial charge in [0.15, 0.2) is 11.5 Å². The first-order valence-corrected chi connectivity index (χ1v) is 10.3. The van der Waals surface area contributed by atoms with E-state index in [9.17, 15) is 4.79 Å². The predicted octanol–water partition coefficient (Wildman–Crippen LogP) is 2.16. The molecule has 4 aromatic rings. The number of carbonyl (C=O) groups excluding carboxylic acids is 1. The predicted molar refractivity (Wildman–Crippen MR) is 122 cm³/mol. The lowest BCUT2D eigenvalue weighted by atomic mass is 10.2. The van der Waals surface area contributed by atoms with Crippen LogP contribution in [0.2, 0.25) is 0 Å². The van der Waals surface area contributed by atoms with Gasteiger partial charge in [-0.05, 0) is 17.7 Å². The van der Waals surface area contributed by atoms with Crippen molar-refractivity contribution in [1.29, 1.82) is 0 Å². The fourth-order valence-electron chi connectivity index (χ4n) is 3.68. The minimum Gasteiger partial charge on any atom is -0.491 e. The molecule has 3 N–H and O–H groups in total. The van der Waals surface area contributed by atoms with Crippen LogP contribution in [0.15, 0.2) is 59.9 Å². The molecule has 0 saturated heterocycles. The Balaban J connectivity index is 1.60. The average molecular weight is 443 g/mol. The summed E-state index contributed by atoms with van der Waals surface area (Å²) in [4.78, 5) is 29.4. The zero-order valence-electron chi connectivity index (χ0n) is 17.9. The van der Waals surface area contributed by atoms with Crippen LogP contribution in [0, 0.1) is 0 Å². The molecule has 0 bridgehead atoms. The number of nitrogens with zero attached hydrogens (tertiary/aromatic N) is 5. The summed E-state index contributed by atoms with van der Waals surface area (Å²) in [7, 11) is 1.56. The summed E-state index contributed by atoms with van der Waals surface area (Å²) in [6, 6.07) is 13.6. The van der Waals surface area contributed by atoms with Gasteiger partial charge in [-0.25, -0.2) is 15.0 Å². The molecule has 1 amide bonds. The third-order valence-electron chi connectivity index (χ3n) is 5.26. The zero-order chi connectivity index (χ0) is 22.8. The van der Waals surface area contributed by atoms with E-state index >= 15 is 0 Å². The molecule has 10 heteroatoms. The summed E-state index contributed by atoms with van der Waals surface area (Å²) in [6.45, 7) is 1.70. The fourth-order valence-corrected chi connectivity index (χ4v) is 3.68. The Labute approximate surface area is 188 Å². The molecule has 0 saturated carbocycles. The third-order valence-corrected chi connectivity index (χ3v) is 5.26. The van der Waals surface area contributed by atoms with E-state index in [1.54, 1.807) is 7.11 Å². The lowest BCUT2D eigenvalue weighted by Gasteiger charge is -2.15. The number of methoxy groups -OCH3 is 1. The quantitative estimate of drug-likeness (QED) is 0.480. The molecule has 1 aliphatic rings. The molecule has 2 aromatic carbocycles. The number of benzene rings is 2. The number of ether oxygens (including phenoxy) is 2. The Hall–Kier alpha value is -4.47. The molecule has 5 rings (SSSR count). The highest BCUT2D eigenvalue weighted by Gasteiger charge is 2.21. The largest absolute Gasteiger partial charge is 0.491 e. The summed E-state index contributed by atoms with van der Waals surface area (Å²) in [6.07, 6.45) is 2.68. The molecule has 166 valence electrons. The summed E-state index contributed by atoms with van der Waals surface area (Å²) >= 11 is 0. The highest BCUT2D eigenvalue weighted by molar-refractivity contribution is 5.96. The van der Waals surface area contributed by atoms with Crippen molar-refractivity contribution < 1.29 is 14.3 Å². The van der Waals surface area contributed by atoms with E-state index in [1.807, 2.05) is 47.0 Å². The number of carbonyl (C=O) groups is 1. The van der Waals surface area contributed by atoms with Gasteiger partial charge in [-0.3, -0.25) is 9.36 Å². The van der Waals surface area contributed by atoms with Gasteiger partial charge in [-0.1, -0.05) is 30.3 Å². The molecule has 3 heterocycles. The molecule has 0 radical (unpaired) electrons. The number of nitrogen functional groups attached to an aromatic ring is 1. The monoisotopic (exact) mass is 443 g/mol. The minimum absolute atomic E-state index is 0.0858. The Morgan fingerprint density at radius 1 is 1.18 bits per heavy atom. The van der Waals surface area contributed by atoms with E-state index in [2.05, 4.69) is 25.3 Å². The molecular weight excluding hydrogens is 422 g/mol. The second-order valence-electron chi connectivity index (χ2n) is 7.35. The van der Waals surface area contributed by atoms with Gasteiger partial charge in [0.25, 0.3) is 5.91 Å². The highest BCUT2D eigenvalue weighted by Crippen LogP contribution is 2.37. The van der Waals surface area contributed by atoms with Crippen LogP contribution < -0.4 is 26.1 Å². The smallest absolute Gasteiger partial charge is 0.283 e. The van der Waals surface area contributed by atoms with Gasteiger partial charge in [0.1, 0.15) is 17.9 Å². The lowest BCUT2D eigenvalue weighted by molar-refractivity contribution is 0.0996. The number of hydrogen-bond donors (Lipinski definition) is 2. The Bertz CT molecular complexity index is 1400. The summed E-state index contributed by atoms with van der Waals surface area (Å²) in [5.74, 6) is 1.41. The van der Waals surface area contributed by atoms with Crippen molar-refractivity contribution in [2.24, 2.45) is 4.99 Å². The first kappa shape index (κ1) is 20.4. The van der Waals surface area contributed by atoms with Crippen molar-refractivity contribution in [1.82, 2.24) is 19.5 Å². The number of anilines is 2. The van der Waals surface area contributed by atoms with Crippen molar-refractivity contribution in [3.8, 4) is 11.5 Å². The molecule has 33 heavy (non-hydrogen) atoms. The van der Waals surface area contributed by atoms with Crippen LogP contribution in [0.1, 0.15) is 15.9 Å². The van der Waals surface area contributed by atoms with E-state index in [4.69, 9.17) is 15.2 Å². The number of nitrogens with two attached hydrogens (primary N) is 1. The number of rotatable bonds is 5. The number of fused-ring (bicyclic) bond motifs is 3. The zero-order valence-corrected chi connectivity index (χ0v) is 17.9. The Morgan fingerprint density at radius 2 is 1.97 bits per heavy atom. The number of hydrogen-bond acceptors (Lipinski definition) is 8. The minimum atomic E-state index is -0.515. The fraction of sp³-hybridized carbons (Fsp3) is 0.174. The average Bonchev–Trinajstić information content (AvgIpc) is 3.34. The first-order chi connectivity index (χ1) is 16.1. The van der Waals surface area contributed by atoms with Crippen LogP contribution in [0.25, 0.3) is 10.9 Å². The van der Waals surface area contributed by atoms with E-state index in [0.717, 1.165) is 16.8 Å². The molecule has 0 aliphatic carbocycles. The van der Waals surface area contributed by atoms with Crippen molar-refractivity contribution in [3.63, 3.8) is 0 Å². The molecule has 2 aromatic heterocycles. The second-order valence-corrected chi connectivity index (χ2v) is 7.35. The molecule has 0 spiro atoms. The number of nitrogens with one attached hydrogen (secondary N) is 1. The van der Waals surface area contributed by atoms with Crippen LogP contribution in [-0.4, -0.2) is 39.1 Å². The van der Waals surface area contributed by atoms with Gasteiger partial charge in [0, 0.05) is 30.9 Å². The maximum absolute atomic E-state index is 12.7. The van der Waals surface area contributed by atoms with E-state index in [1.165, 1.54) is 12.4 Å². The van der Waals surface area contributed by atoms with Gasteiger partial charge in [0.2, 0.25) is 11.6 Å². The SMILES string of the molecule is COc1c(OCc2ccccc2)ccc2c3n(c(=NC(=O)c4cnc(N)nc4)nc12)CCN3. The lowest BCUT2D eigenvalue weighted by Crippen LogP contribution is -2.25. The summed E-state index contributed by atoms with van der Waals surface area (Å²) < 4.78 is 13.6. The normalized spacial score (nSPS) is 12.9. The van der Waals surface area contributed by atoms with Crippen LogP contribution in [-0.2, 0) is 13.2 Å². The van der Waals surface area contributed by atoms with Gasteiger partial charge in [-0.2, -0.15) is 4.99 Å². The third kappa shape index (κ3) is 3.93. The van der Waals surface area contributed by atoms with Crippen LogP contribution >= 0.6 is 0 Å². The first-order valence-electron chi connectivity index (χ1n) is 10.3. The second kappa shape index (κ2) is 8.58. The molecule has 0 atom stereocenters. The van der Waals surface area contributed by atoms with Gasteiger partial charge < -0.3 is 20.5 Å². The van der Waals surface area contributed by atoms with Crippen molar-refractivity contribution >= 4 is 28.6 Å².